The molecule has 0 fully saturated rings. The van der Waals surface area contributed by atoms with Crippen LogP contribution in [-0.4, -0.2) is 19.0 Å². The first-order chi connectivity index (χ1) is 12.5. The summed E-state index contributed by atoms with van der Waals surface area (Å²) in [7, 11) is 1.59. The number of carbonyl (C=O) groups excluding carboxylic acids is 2. The predicted octanol–water partition coefficient (Wildman–Crippen LogP) is 2.79. The van der Waals surface area contributed by atoms with Gasteiger partial charge in [-0.05, 0) is 29.8 Å². The van der Waals surface area contributed by atoms with E-state index >= 15 is 0 Å². The summed E-state index contributed by atoms with van der Waals surface area (Å²) in [4.78, 5) is 23.0. The second-order valence-corrected chi connectivity index (χ2v) is 5.76. The number of amides is 3. The molecule has 3 aromatic rings. The highest BCUT2D eigenvalue weighted by molar-refractivity contribution is 5.88. The first kappa shape index (κ1) is 17.3. The van der Waals surface area contributed by atoms with Gasteiger partial charge in [-0.25, -0.2) is 4.79 Å². The lowest BCUT2D eigenvalue weighted by Gasteiger charge is -2.06. The van der Waals surface area contributed by atoms with Crippen LogP contribution in [0.3, 0.4) is 0 Å². The normalized spacial score (nSPS) is 10.5. The molecule has 7 nitrogen and oxygen atoms in total. The molecule has 0 unspecified atom stereocenters. The summed E-state index contributed by atoms with van der Waals surface area (Å²) in [6, 6.07) is 12.0. The molecular weight excluding hydrogens is 334 g/mol. The van der Waals surface area contributed by atoms with E-state index in [1.165, 1.54) is 0 Å². The quantitative estimate of drug-likeness (QED) is 0.633. The fraction of sp³-hybridized carbons (Fsp3) is 0.158. The Morgan fingerprint density at radius 2 is 1.92 bits per heavy atom. The fourth-order valence-electron chi connectivity index (χ4n) is 2.61. The number of carbonyl (C=O) groups is 2. The third-order valence-corrected chi connectivity index (χ3v) is 3.93. The molecule has 134 valence electrons. The smallest absolute Gasteiger partial charge is 0.316 e. The van der Waals surface area contributed by atoms with Crippen molar-refractivity contribution in [1.29, 1.82) is 0 Å². The highest BCUT2D eigenvalue weighted by atomic mass is 16.5. The van der Waals surface area contributed by atoms with Crippen molar-refractivity contribution >= 4 is 28.6 Å². The molecule has 0 saturated carbocycles. The SMILES string of the molecule is COc1ccc2c(CC(=O)NCc3ccc(NC(N)=O)cc3)coc2c1. The van der Waals surface area contributed by atoms with Gasteiger partial charge in [0.05, 0.1) is 19.8 Å². The van der Waals surface area contributed by atoms with Crippen LogP contribution in [0.15, 0.2) is 53.1 Å². The highest BCUT2D eigenvalue weighted by Crippen LogP contribution is 2.25. The zero-order chi connectivity index (χ0) is 18.5. The highest BCUT2D eigenvalue weighted by Gasteiger charge is 2.11. The summed E-state index contributed by atoms with van der Waals surface area (Å²) < 4.78 is 10.7. The summed E-state index contributed by atoms with van der Waals surface area (Å²) in [5, 5.41) is 6.24. The van der Waals surface area contributed by atoms with E-state index < -0.39 is 6.03 Å². The van der Waals surface area contributed by atoms with E-state index in [1.807, 2.05) is 24.3 Å². The van der Waals surface area contributed by atoms with E-state index in [0.29, 0.717) is 23.6 Å². The van der Waals surface area contributed by atoms with Crippen molar-refractivity contribution in [3.8, 4) is 5.75 Å². The number of ether oxygens (including phenoxy) is 1. The number of nitrogens with one attached hydrogen (secondary N) is 2. The van der Waals surface area contributed by atoms with Gasteiger partial charge in [-0.2, -0.15) is 0 Å². The van der Waals surface area contributed by atoms with Crippen LogP contribution in [-0.2, 0) is 17.8 Å². The van der Waals surface area contributed by atoms with Gasteiger partial charge in [0.1, 0.15) is 11.3 Å². The lowest BCUT2D eigenvalue weighted by molar-refractivity contribution is -0.120. The maximum atomic E-state index is 12.2. The molecular formula is C19H19N3O4. The second-order valence-electron chi connectivity index (χ2n) is 5.76. The van der Waals surface area contributed by atoms with Gasteiger partial charge in [-0.3, -0.25) is 4.79 Å². The molecule has 0 radical (unpaired) electrons. The van der Waals surface area contributed by atoms with Crippen LogP contribution in [0.1, 0.15) is 11.1 Å². The minimum atomic E-state index is -0.615. The minimum Gasteiger partial charge on any atom is -0.497 e. The molecule has 26 heavy (non-hydrogen) atoms. The van der Waals surface area contributed by atoms with Crippen LogP contribution in [0.2, 0.25) is 0 Å². The van der Waals surface area contributed by atoms with E-state index in [2.05, 4.69) is 10.6 Å². The van der Waals surface area contributed by atoms with Crippen LogP contribution in [0.4, 0.5) is 10.5 Å². The Balaban J connectivity index is 1.58. The zero-order valence-electron chi connectivity index (χ0n) is 14.2. The average molecular weight is 353 g/mol. The summed E-state index contributed by atoms with van der Waals surface area (Å²) >= 11 is 0. The predicted molar refractivity (Wildman–Crippen MR) is 98.0 cm³/mol. The third-order valence-electron chi connectivity index (χ3n) is 3.93. The number of furan rings is 1. The molecule has 1 heterocycles. The molecule has 0 aliphatic carbocycles. The van der Waals surface area contributed by atoms with Crippen LogP contribution < -0.4 is 21.1 Å². The van der Waals surface area contributed by atoms with Gasteiger partial charge in [0.2, 0.25) is 5.91 Å². The Labute approximate surface area is 150 Å². The van der Waals surface area contributed by atoms with Crippen molar-refractivity contribution in [1.82, 2.24) is 5.32 Å². The number of benzene rings is 2. The van der Waals surface area contributed by atoms with Gasteiger partial charge in [0, 0.05) is 29.2 Å². The van der Waals surface area contributed by atoms with E-state index in [4.69, 9.17) is 14.9 Å². The number of urea groups is 1. The number of rotatable bonds is 6. The largest absolute Gasteiger partial charge is 0.497 e. The molecule has 0 atom stereocenters. The molecule has 4 N–H and O–H groups in total. The van der Waals surface area contributed by atoms with Gasteiger partial charge in [0.25, 0.3) is 0 Å². The Bertz CT molecular complexity index is 932. The molecule has 3 amide bonds. The number of nitrogens with two attached hydrogens (primary N) is 1. The van der Waals surface area contributed by atoms with Crippen molar-refractivity contribution in [2.75, 3.05) is 12.4 Å². The van der Waals surface area contributed by atoms with Crippen molar-refractivity contribution in [3.63, 3.8) is 0 Å². The number of primary amides is 1. The minimum absolute atomic E-state index is 0.108. The van der Waals surface area contributed by atoms with Gasteiger partial charge in [0.15, 0.2) is 0 Å². The fourth-order valence-corrected chi connectivity index (χ4v) is 2.61. The van der Waals surface area contributed by atoms with Crippen molar-refractivity contribution in [2.45, 2.75) is 13.0 Å². The number of hydrogen-bond acceptors (Lipinski definition) is 4. The second kappa shape index (κ2) is 7.60. The van der Waals surface area contributed by atoms with Crippen LogP contribution >= 0.6 is 0 Å². The van der Waals surface area contributed by atoms with Crippen molar-refractivity contribution < 1.29 is 18.7 Å². The van der Waals surface area contributed by atoms with Crippen LogP contribution in [0, 0.1) is 0 Å². The molecule has 7 heteroatoms. The van der Waals surface area contributed by atoms with Gasteiger partial charge < -0.3 is 25.5 Å². The lowest BCUT2D eigenvalue weighted by atomic mass is 10.1. The van der Waals surface area contributed by atoms with Crippen molar-refractivity contribution in [2.24, 2.45) is 5.73 Å². The summed E-state index contributed by atoms with van der Waals surface area (Å²) in [5.74, 6) is 0.597. The average Bonchev–Trinajstić information content (AvgIpc) is 3.02. The molecule has 1 aromatic heterocycles. The monoisotopic (exact) mass is 353 g/mol. The van der Waals surface area contributed by atoms with Gasteiger partial charge in [-0.15, -0.1) is 0 Å². The van der Waals surface area contributed by atoms with E-state index in [1.54, 1.807) is 31.6 Å². The van der Waals surface area contributed by atoms with Crippen LogP contribution in [0.5, 0.6) is 5.75 Å². The Kier molecular flexibility index (Phi) is 5.07. The Morgan fingerprint density at radius 1 is 1.15 bits per heavy atom. The van der Waals surface area contributed by atoms with E-state index in [-0.39, 0.29) is 12.3 Å². The summed E-state index contributed by atoms with van der Waals surface area (Å²) in [6.07, 6.45) is 1.81. The number of anilines is 1. The molecule has 0 aliphatic heterocycles. The Morgan fingerprint density at radius 3 is 2.62 bits per heavy atom. The number of fused-ring (bicyclic) bond motifs is 1. The standard InChI is InChI=1S/C19H19N3O4/c1-25-15-6-7-16-13(11-26-17(16)9-15)8-18(23)21-10-12-2-4-14(5-3-12)22-19(20)24/h2-7,9,11H,8,10H2,1H3,(H,21,23)(H3,20,22,24). The maximum absolute atomic E-state index is 12.2. The first-order valence-electron chi connectivity index (χ1n) is 8.01. The molecule has 0 saturated heterocycles. The molecule has 0 bridgehead atoms. The van der Waals surface area contributed by atoms with Gasteiger partial charge >= 0.3 is 6.03 Å². The number of methoxy groups -OCH3 is 1. The summed E-state index contributed by atoms with van der Waals surface area (Å²) in [5.41, 5.74) is 8.08. The molecule has 0 aliphatic rings. The number of hydrogen-bond donors (Lipinski definition) is 3. The topological polar surface area (TPSA) is 107 Å². The van der Waals surface area contributed by atoms with Crippen LogP contribution in [0.25, 0.3) is 11.0 Å². The van der Waals surface area contributed by atoms with E-state index in [9.17, 15) is 9.59 Å². The molecule has 3 rings (SSSR count). The third kappa shape index (κ3) is 4.13. The van der Waals surface area contributed by atoms with Crippen molar-refractivity contribution in [3.05, 3.63) is 59.9 Å². The first-order valence-corrected chi connectivity index (χ1v) is 8.01. The molecule has 2 aromatic carbocycles. The molecule has 0 spiro atoms. The maximum Gasteiger partial charge on any atom is 0.316 e. The van der Waals surface area contributed by atoms with Gasteiger partial charge in [-0.1, -0.05) is 12.1 Å². The summed E-state index contributed by atoms with van der Waals surface area (Å²) in [6.45, 7) is 0.388. The zero-order valence-corrected chi connectivity index (χ0v) is 14.2. The van der Waals surface area contributed by atoms with E-state index in [0.717, 1.165) is 16.5 Å². The lowest BCUT2D eigenvalue weighted by Crippen LogP contribution is -2.24. The Hall–Kier alpha value is -3.48.